The summed E-state index contributed by atoms with van der Waals surface area (Å²) in [4.78, 5) is 4.25. The monoisotopic (exact) mass is 468 g/mol. The van der Waals surface area contributed by atoms with Crippen molar-refractivity contribution in [3.63, 3.8) is 0 Å². The Balaban J connectivity index is 0.00000243. The van der Waals surface area contributed by atoms with E-state index in [-0.39, 0.29) is 24.0 Å². The van der Waals surface area contributed by atoms with Gasteiger partial charge in [-0.3, -0.25) is 14.1 Å². The molecule has 0 bridgehead atoms. The minimum absolute atomic E-state index is 0. The Bertz CT molecular complexity index is 867. The highest BCUT2D eigenvalue weighted by Crippen LogP contribution is 2.03. The molecule has 3 aromatic heterocycles. The summed E-state index contributed by atoms with van der Waals surface area (Å²) in [5, 5.41) is 19.4. The van der Waals surface area contributed by atoms with Crippen LogP contribution in [0.2, 0.25) is 0 Å². The molecule has 0 spiro atoms. The third-order valence-corrected chi connectivity index (χ3v) is 3.96. The number of guanidine groups is 1. The van der Waals surface area contributed by atoms with Crippen LogP contribution in [0.3, 0.4) is 0 Å². The first-order chi connectivity index (χ1) is 12.2. The molecule has 0 aliphatic heterocycles. The molecule has 140 valence electrons. The van der Waals surface area contributed by atoms with Crippen LogP contribution >= 0.6 is 24.0 Å². The lowest BCUT2D eigenvalue weighted by Crippen LogP contribution is -2.38. The molecule has 0 atom stereocenters. The summed E-state index contributed by atoms with van der Waals surface area (Å²) in [7, 11) is 1.76. The molecule has 3 rings (SSSR count). The summed E-state index contributed by atoms with van der Waals surface area (Å²) in [5.74, 6) is 1.60. The number of nitrogens with one attached hydrogen (secondary N) is 2. The van der Waals surface area contributed by atoms with Crippen molar-refractivity contribution in [1.82, 2.24) is 35.0 Å². The van der Waals surface area contributed by atoms with Gasteiger partial charge in [-0.25, -0.2) is 0 Å². The number of pyridine rings is 1. The molecule has 0 amide bonds. The van der Waals surface area contributed by atoms with Crippen molar-refractivity contribution in [3.8, 4) is 0 Å². The Kier molecular flexibility index (Phi) is 7.37. The van der Waals surface area contributed by atoms with Crippen molar-refractivity contribution >= 4 is 35.6 Å². The van der Waals surface area contributed by atoms with Crippen LogP contribution in [0.25, 0.3) is 5.65 Å². The van der Waals surface area contributed by atoms with Crippen molar-refractivity contribution < 1.29 is 0 Å². The molecule has 0 unspecified atom stereocenters. The third-order valence-electron chi connectivity index (χ3n) is 3.96. The van der Waals surface area contributed by atoms with E-state index in [0.29, 0.717) is 6.54 Å². The van der Waals surface area contributed by atoms with Crippen molar-refractivity contribution in [3.05, 3.63) is 47.7 Å². The van der Waals surface area contributed by atoms with Gasteiger partial charge in [-0.1, -0.05) is 6.07 Å². The zero-order valence-electron chi connectivity index (χ0n) is 15.3. The molecular weight excluding hydrogens is 443 g/mol. The highest BCUT2D eigenvalue weighted by Gasteiger charge is 2.06. The fourth-order valence-electron chi connectivity index (χ4n) is 2.73. The van der Waals surface area contributed by atoms with Gasteiger partial charge in [-0.15, -0.1) is 34.2 Å². The van der Waals surface area contributed by atoms with E-state index in [1.165, 1.54) is 5.69 Å². The fraction of sp³-hybridized carbons (Fsp3) is 0.412. The second kappa shape index (κ2) is 9.51. The number of aromatic nitrogens is 5. The van der Waals surface area contributed by atoms with Crippen molar-refractivity contribution in [2.45, 2.75) is 33.4 Å². The summed E-state index contributed by atoms with van der Waals surface area (Å²) < 4.78 is 4.00. The number of rotatable bonds is 6. The van der Waals surface area contributed by atoms with E-state index in [1.807, 2.05) is 40.4 Å². The average Bonchev–Trinajstić information content (AvgIpc) is 3.17. The molecule has 8 nitrogen and oxygen atoms in total. The average molecular weight is 468 g/mol. The zero-order valence-corrected chi connectivity index (χ0v) is 17.6. The van der Waals surface area contributed by atoms with Gasteiger partial charge in [0, 0.05) is 32.0 Å². The molecule has 0 saturated carbocycles. The number of fused-ring (bicyclic) bond motifs is 1. The smallest absolute Gasteiger partial charge is 0.191 e. The van der Waals surface area contributed by atoms with E-state index in [0.717, 1.165) is 42.6 Å². The number of halogens is 1. The first-order valence-corrected chi connectivity index (χ1v) is 8.41. The van der Waals surface area contributed by atoms with Gasteiger partial charge in [0.2, 0.25) is 0 Å². The largest absolute Gasteiger partial charge is 0.356 e. The van der Waals surface area contributed by atoms with Crippen LogP contribution in [0.15, 0.2) is 35.5 Å². The van der Waals surface area contributed by atoms with E-state index in [1.54, 1.807) is 7.05 Å². The summed E-state index contributed by atoms with van der Waals surface area (Å²) in [5.41, 5.74) is 3.09. The van der Waals surface area contributed by atoms with Gasteiger partial charge in [-0.05, 0) is 38.5 Å². The Labute approximate surface area is 170 Å². The molecule has 26 heavy (non-hydrogen) atoms. The molecule has 3 aromatic rings. The third kappa shape index (κ3) is 4.93. The number of aliphatic imine (C=N–C) groups is 1. The van der Waals surface area contributed by atoms with Crippen LogP contribution in [-0.4, -0.2) is 43.9 Å². The van der Waals surface area contributed by atoms with Gasteiger partial charge in [0.15, 0.2) is 17.4 Å². The first-order valence-electron chi connectivity index (χ1n) is 8.41. The molecular formula is C17H25IN8. The van der Waals surface area contributed by atoms with Crippen LogP contribution in [0, 0.1) is 13.8 Å². The van der Waals surface area contributed by atoms with E-state index < -0.39 is 0 Å². The number of nitrogens with zero attached hydrogens (tertiary/aromatic N) is 6. The maximum Gasteiger partial charge on any atom is 0.191 e. The van der Waals surface area contributed by atoms with Gasteiger partial charge in [0.1, 0.15) is 0 Å². The Morgan fingerprint density at radius 1 is 1.19 bits per heavy atom. The second-order valence-corrected chi connectivity index (χ2v) is 5.90. The molecule has 0 aromatic carbocycles. The predicted octanol–water partition coefficient (Wildman–Crippen LogP) is 1.92. The zero-order chi connectivity index (χ0) is 17.6. The number of hydrogen-bond acceptors (Lipinski definition) is 4. The molecule has 0 radical (unpaired) electrons. The highest BCUT2D eigenvalue weighted by molar-refractivity contribution is 14.0. The van der Waals surface area contributed by atoms with Crippen molar-refractivity contribution in [2.75, 3.05) is 13.6 Å². The minimum Gasteiger partial charge on any atom is -0.356 e. The van der Waals surface area contributed by atoms with Gasteiger partial charge in [0.25, 0.3) is 0 Å². The topological polar surface area (TPSA) is 84.4 Å². The molecule has 0 saturated heterocycles. The maximum atomic E-state index is 4.47. The molecule has 3 heterocycles. The lowest BCUT2D eigenvalue weighted by Gasteiger charge is -2.11. The standard InChI is InChI=1S/C17H24N8.HI/c1-13-11-14(2)25(23-13)10-6-8-19-17(18-3)20-12-16-22-21-15-7-4-5-9-24(15)16;/h4-5,7,9,11H,6,8,10,12H2,1-3H3,(H2,18,19,20);1H. The number of hydrogen-bond donors (Lipinski definition) is 2. The normalized spacial score (nSPS) is 11.4. The van der Waals surface area contributed by atoms with Gasteiger partial charge >= 0.3 is 0 Å². The fourth-order valence-corrected chi connectivity index (χ4v) is 2.73. The van der Waals surface area contributed by atoms with E-state index >= 15 is 0 Å². The molecule has 9 heteroatoms. The van der Waals surface area contributed by atoms with Crippen LogP contribution in [-0.2, 0) is 13.1 Å². The van der Waals surface area contributed by atoms with Gasteiger partial charge < -0.3 is 10.6 Å². The molecule has 0 aliphatic rings. The summed E-state index contributed by atoms with van der Waals surface area (Å²) in [6, 6.07) is 7.94. The van der Waals surface area contributed by atoms with Crippen LogP contribution in [0.4, 0.5) is 0 Å². The predicted molar refractivity (Wildman–Crippen MR) is 113 cm³/mol. The van der Waals surface area contributed by atoms with Crippen molar-refractivity contribution in [1.29, 1.82) is 0 Å². The van der Waals surface area contributed by atoms with Crippen LogP contribution in [0.1, 0.15) is 23.6 Å². The Morgan fingerprint density at radius 2 is 2.04 bits per heavy atom. The summed E-state index contributed by atoms with van der Waals surface area (Å²) in [6.45, 7) is 6.36. The molecule has 0 aliphatic carbocycles. The quantitative estimate of drug-likeness (QED) is 0.250. The summed E-state index contributed by atoms with van der Waals surface area (Å²) in [6.07, 6.45) is 2.92. The Morgan fingerprint density at radius 3 is 2.77 bits per heavy atom. The van der Waals surface area contributed by atoms with Crippen LogP contribution in [0.5, 0.6) is 0 Å². The molecule has 2 N–H and O–H groups in total. The van der Waals surface area contributed by atoms with Gasteiger partial charge in [-0.2, -0.15) is 5.10 Å². The van der Waals surface area contributed by atoms with E-state index in [2.05, 4.69) is 43.9 Å². The van der Waals surface area contributed by atoms with Crippen molar-refractivity contribution in [2.24, 2.45) is 4.99 Å². The lowest BCUT2D eigenvalue weighted by atomic mass is 10.4. The lowest BCUT2D eigenvalue weighted by molar-refractivity contribution is 0.555. The highest BCUT2D eigenvalue weighted by atomic mass is 127. The van der Waals surface area contributed by atoms with Gasteiger partial charge in [0.05, 0.1) is 12.2 Å². The van der Waals surface area contributed by atoms with Crippen LogP contribution < -0.4 is 10.6 Å². The second-order valence-electron chi connectivity index (χ2n) is 5.90. The SMILES string of the molecule is CN=C(NCCCn1nc(C)cc1C)NCc1nnc2ccccn12.I. The number of aryl methyl sites for hydroxylation is 3. The summed E-state index contributed by atoms with van der Waals surface area (Å²) >= 11 is 0. The molecule has 0 fully saturated rings. The first kappa shape index (κ1) is 20.1. The van der Waals surface area contributed by atoms with E-state index in [4.69, 9.17) is 0 Å². The van der Waals surface area contributed by atoms with E-state index in [9.17, 15) is 0 Å². The maximum absolute atomic E-state index is 4.47. The Hall–Kier alpha value is -2.17. The minimum atomic E-state index is 0.